The summed E-state index contributed by atoms with van der Waals surface area (Å²) in [6, 6.07) is 0. The maximum Gasteiger partial charge on any atom is 0.0576 e. The summed E-state index contributed by atoms with van der Waals surface area (Å²) < 4.78 is 5.66. The van der Waals surface area contributed by atoms with Gasteiger partial charge < -0.3 is 9.64 Å². The normalized spacial score (nSPS) is 27.7. The molecule has 0 spiro atoms. The molecule has 3 nitrogen and oxygen atoms in total. The Bertz CT molecular complexity index is 202. The van der Waals surface area contributed by atoms with Gasteiger partial charge in [-0.1, -0.05) is 15.9 Å². The highest BCUT2D eigenvalue weighted by atomic mass is 79.9. The minimum absolute atomic E-state index is 0.574. The van der Waals surface area contributed by atoms with Gasteiger partial charge in [-0.15, -0.1) is 0 Å². The van der Waals surface area contributed by atoms with E-state index in [0.717, 1.165) is 11.9 Å². The first-order valence-electron chi connectivity index (χ1n) is 7.01. The number of nitrogens with zero attached hydrogens (tertiary/aromatic N) is 2. The number of hydrogen-bond donors (Lipinski definition) is 0. The largest absolute Gasteiger partial charge is 0.378 e. The van der Waals surface area contributed by atoms with Crippen LogP contribution in [0.5, 0.6) is 0 Å². The first-order chi connectivity index (χ1) is 8.38. The van der Waals surface area contributed by atoms with E-state index >= 15 is 0 Å². The lowest BCUT2D eigenvalue weighted by molar-refractivity contribution is 0.0925. The van der Waals surface area contributed by atoms with Crippen LogP contribution in [0.25, 0.3) is 0 Å². The Hall–Kier alpha value is 0.360. The van der Waals surface area contributed by atoms with Crippen molar-refractivity contribution < 1.29 is 4.74 Å². The SMILES string of the molecule is BrCCN1CCN(CCCC2CCCO2)CC1. The zero-order chi connectivity index (χ0) is 11.9. The van der Waals surface area contributed by atoms with E-state index in [2.05, 4.69) is 25.7 Å². The standard InChI is InChI=1S/C13H25BrN2O/c14-5-7-16-10-8-15(9-11-16)6-1-3-13-4-2-12-17-13/h13H,1-12H2. The van der Waals surface area contributed by atoms with Crippen molar-refractivity contribution in [2.45, 2.75) is 31.8 Å². The lowest BCUT2D eigenvalue weighted by Gasteiger charge is -2.34. The molecule has 0 amide bonds. The van der Waals surface area contributed by atoms with Crippen molar-refractivity contribution in [3.05, 3.63) is 0 Å². The van der Waals surface area contributed by atoms with Gasteiger partial charge >= 0.3 is 0 Å². The second-order valence-electron chi connectivity index (χ2n) is 5.15. The highest BCUT2D eigenvalue weighted by Crippen LogP contribution is 2.17. The van der Waals surface area contributed by atoms with Gasteiger partial charge in [-0.25, -0.2) is 0 Å². The average molecular weight is 305 g/mol. The van der Waals surface area contributed by atoms with Gasteiger partial charge in [0.15, 0.2) is 0 Å². The van der Waals surface area contributed by atoms with Crippen molar-refractivity contribution in [3.63, 3.8) is 0 Å². The molecule has 2 fully saturated rings. The van der Waals surface area contributed by atoms with Gasteiger partial charge in [0.05, 0.1) is 6.10 Å². The molecule has 2 aliphatic rings. The maximum atomic E-state index is 5.66. The molecule has 1 atom stereocenters. The highest BCUT2D eigenvalue weighted by Gasteiger charge is 2.18. The van der Waals surface area contributed by atoms with Gasteiger partial charge in [0.2, 0.25) is 0 Å². The van der Waals surface area contributed by atoms with Crippen molar-refractivity contribution in [3.8, 4) is 0 Å². The third-order valence-electron chi connectivity index (χ3n) is 3.89. The minimum atomic E-state index is 0.574. The molecule has 0 aromatic rings. The third kappa shape index (κ3) is 4.86. The highest BCUT2D eigenvalue weighted by molar-refractivity contribution is 9.09. The number of ether oxygens (including phenoxy) is 1. The Balaban J connectivity index is 1.52. The zero-order valence-electron chi connectivity index (χ0n) is 10.7. The van der Waals surface area contributed by atoms with Crippen LogP contribution in [0.15, 0.2) is 0 Å². The van der Waals surface area contributed by atoms with Crippen molar-refractivity contribution in [1.82, 2.24) is 9.80 Å². The summed E-state index contributed by atoms with van der Waals surface area (Å²) in [7, 11) is 0. The molecule has 100 valence electrons. The quantitative estimate of drug-likeness (QED) is 0.698. The molecule has 0 saturated carbocycles. The summed E-state index contributed by atoms with van der Waals surface area (Å²) >= 11 is 3.51. The number of halogens is 1. The fourth-order valence-corrected chi connectivity index (χ4v) is 3.27. The van der Waals surface area contributed by atoms with Crippen LogP contribution in [-0.2, 0) is 4.74 Å². The van der Waals surface area contributed by atoms with Gasteiger partial charge in [-0.2, -0.15) is 0 Å². The Morgan fingerprint density at radius 2 is 1.76 bits per heavy atom. The van der Waals surface area contributed by atoms with Gasteiger partial charge in [0.25, 0.3) is 0 Å². The van der Waals surface area contributed by atoms with E-state index in [-0.39, 0.29) is 0 Å². The summed E-state index contributed by atoms with van der Waals surface area (Å²) in [6.07, 6.45) is 5.71. The molecule has 2 aliphatic heterocycles. The third-order valence-corrected chi connectivity index (χ3v) is 4.24. The molecule has 1 unspecified atom stereocenters. The molecule has 0 bridgehead atoms. The van der Waals surface area contributed by atoms with E-state index in [9.17, 15) is 0 Å². The molecular formula is C13H25BrN2O. The Kier molecular flexibility index (Phi) is 6.26. The van der Waals surface area contributed by atoms with Crippen LogP contribution >= 0.6 is 15.9 Å². The predicted molar refractivity (Wildman–Crippen MR) is 74.9 cm³/mol. The fourth-order valence-electron chi connectivity index (χ4n) is 2.77. The summed E-state index contributed by atoms with van der Waals surface area (Å²) in [6.45, 7) is 8.44. The monoisotopic (exact) mass is 304 g/mol. The zero-order valence-corrected chi connectivity index (χ0v) is 12.3. The van der Waals surface area contributed by atoms with Crippen molar-refractivity contribution in [2.75, 3.05) is 51.2 Å². The first-order valence-corrected chi connectivity index (χ1v) is 8.13. The summed E-state index contributed by atoms with van der Waals surface area (Å²) in [5.74, 6) is 0. The molecule has 4 heteroatoms. The van der Waals surface area contributed by atoms with Crippen molar-refractivity contribution >= 4 is 15.9 Å². The lowest BCUT2D eigenvalue weighted by atomic mass is 10.1. The number of hydrogen-bond acceptors (Lipinski definition) is 3. The second kappa shape index (κ2) is 7.72. The van der Waals surface area contributed by atoms with E-state index < -0.39 is 0 Å². The van der Waals surface area contributed by atoms with Crippen LogP contribution < -0.4 is 0 Å². The molecule has 0 aromatic carbocycles. The predicted octanol–water partition coefficient (Wildman–Crippen LogP) is 1.96. The van der Waals surface area contributed by atoms with Crippen LogP contribution in [0.3, 0.4) is 0 Å². The molecule has 0 aromatic heterocycles. The first kappa shape index (κ1) is 13.8. The van der Waals surface area contributed by atoms with Gasteiger partial charge in [-0.3, -0.25) is 4.90 Å². The van der Waals surface area contributed by atoms with E-state index in [4.69, 9.17) is 4.74 Å². The van der Waals surface area contributed by atoms with Crippen LogP contribution in [0.1, 0.15) is 25.7 Å². The molecule has 2 saturated heterocycles. The summed E-state index contributed by atoms with van der Waals surface area (Å²) in [4.78, 5) is 5.16. The van der Waals surface area contributed by atoms with E-state index in [1.165, 1.54) is 65.0 Å². The minimum Gasteiger partial charge on any atom is -0.378 e. The van der Waals surface area contributed by atoms with Crippen LogP contribution in [0, 0.1) is 0 Å². The molecule has 2 heterocycles. The van der Waals surface area contributed by atoms with Crippen LogP contribution in [0.2, 0.25) is 0 Å². The number of alkyl halides is 1. The molecule has 17 heavy (non-hydrogen) atoms. The molecule has 0 aliphatic carbocycles. The van der Waals surface area contributed by atoms with Gasteiger partial charge in [-0.05, 0) is 32.2 Å². The smallest absolute Gasteiger partial charge is 0.0576 e. The molecular weight excluding hydrogens is 280 g/mol. The van der Waals surface area contributed by atoms with E-state index in [1.54, 1.807) is 0 Å². The Morgan fingerprint density at radius 1 is 1.06 bits per heavy atom. The summed E-state index contributed by atoms with van der Waals surface area (Å²) in [5, 5.41) is 1.10. The second-order valence-corrected chi connectivity index (χ2v) is 5.94. The Morgan fingerprint density at radius 3 is 2.35 bits per heavy atom. The van der Waals surface area contributed by atoms with Crippen molar-refractivity contribution in [2.24, 2.45) is 0 Å². The van der Waals surface area contributed by atoms with E-state index in [1.807, 2.05) is 0 Å². The molecule has 2 rings (SSSR count). The number of piperazine rings is 1. The number of rotatable bonds is 6. The topological polar surface area (TPSA) is 15.7 Å². The lowest BCUT2D eigenvalue weighted by Crippen LogP contribution is -2.47. The maximum absolute atomic E-state index is 5.66. The van der Waals surface area contributed by atoms with Crippen LogP contribution in [0.4, 0.5) is 0 Å². The van der Waals surface area contributed by atoms with Gasteiger partial charge in [0.1, 0.15) is 0 Å². The van der Waals surface area contributed by atoms with Crippen LogP contribution in [-0.4, -0.2) is 67.1 Å². The summed E-state index contributed by atoms with van der Waals surface area (Å²) in [5.41, 5.74) is 0. The van der Waals surface area contributed by atoms with E-state index in [0.29, 0.717) is 6.10 Å². The Labute approximate surface area is 114 Å². The molecule has 0 radical (unpaired) electrons. The van der Waals surface area contributed by atoms with Gasteiger partial charge in [0, 0.05) is 44.7 Å². The molecule has 0 N–H and O–H groups in total. The average Bonchev–Trinajstić information content (AvgIpc) is 2.85. The fraction of sp³-hybridized carbons (Fsp3) is 1.00. The van der Waals surface area contributed by atoms with Crippen molar-refractivity contribution in [1.29, 1.82) is 0 Å².